The number of aliphatic hydroxyl groups excluding tert-OH is 1. The van der Waals surface area contributed by atoms with Crippen molar-refractivity contribution >= 4 is 17.8 Å². The van der Waals surface area contributed by atoms with Gasteiger partial charge in [-0.2, -0.15) is 0 Å². The number of urea groups is 1. The topological polar surface area (TPSA) is 138 Å². The summed E-state index contributed by atoms with van der Waals surface area (Å²) < 4.78 is 1.72. The highest BCUT2D eigenvalue weighted by molar-refractivity contribution is 6.02. The minimum atomic E-state index is -0.404. The predicted molar refractivity (Wildman–Crippen MR) is 116 cm³/mol. The monoisotopic (exact) mass is 436 g/mol. The zero-order chi connectivity index (χ0) is 22.7. The molecule has 32 heavy (non-hydrogen) atoms. The van der Waals surface area contributed by atoms with Gasteiger partial charge in [0.1, 0.15) is 23.5 Å². The van der Waals surface area contributed by atoms with Crippen LogP contribution in [0.4, 0.5) is 10.6 Å². The molecular formula is C21H24N8O3. The molecule has 1 aliphatic heterocycles. The van der Waals surface area contributed by atoms with Crippen LogP contribution in [0.5, 0.6) is 0 Å². The number of nitrogens with one attached hydrogen (secondary N) is 2. The van der Waals surface area contributed by atoms with Gasteiger partial charge in [0, 0.05) is 25.8 Å². The maximum absolute atomic E-state index is 12.8. The Labute approximate surface area is 184 Å². The number of nitrogens with zero attached hydrogens (tertiary/aromatic N) is 6. The number of pyridine rings is 2. The van der Waals surface area contributed by atoms with Crippen molar-refractivity contribution in [3.8, 4) is 11.5 Å². The molecule has 0 aliphatic carbocycles. The van der Waals surface area contributed by atoms with Gasteiger partial charge in [0.15, 0.2) is 5.82 Å². The van der Waals surface area contributed by atoms with Crippen molar-refractivity contribution in [1.82, 2.24) is 34.9 Å². The first-order chi connectivity index (χ1) is 15.5. The molecule has 0 aromatic carbocycles. The minimum absolute atomic E-state index is 0.0665. The molecule has 0 bridgehead atoms. The second-order valence-electron chi connectivity index (χ2n) is 7.49. The highest BCUT2D eigenvalue weighted by Crippen LogP contribution is 2.23. The first kappa shape index (κ1) is 21.4. The zero-order valence-electron chi connectivity index (χ0n) is 17.8. The predicted octanol–water partition coefficient (Wildman–Crippen LogP) is 1.59. The van der Waals surface area contributed by atoms with E-state index in [1.54, 1.807) is 39.9 Å². The van der Waals surface area contributed by atoms with Crippen LogP contribution in [-0.4, -0.2) is 59.8 Å². The Morgan fingerprint density at radius 3 is 2.84 bits per heavy atom. The Hall–Kier alpha value is -3.86. The van der Waals surface area contributed by atoms with E-state index < -0.39 is 5.91 Å². The van der Waals surface area contributed by atoms with E-state index in [1.165, 1.54) is 6.33 Å². The minimum Gasteiger partial charge on any atom is -0.394 e. The number of hydrogen-bond acceptors (Lipinski definition) is 7. The van der Waals surface area contributed by atoms with E-state index >= 15 is 0 Å². The third-order valence-corrected chi connectivity index (χ3v) is 5.19. The summed E-state index contributed by atoms with van der Waals surface area (Å²) in [7, 11) is 0. The van der Waals surface area contributed by atoms with Gasteiger partial charge in [-0.25, -0.2) is 9.78 Å². The first-order valence-corrected chi connectivity index (χ1v) is 10.3. The van der Waals surface area contributed by atoms with Gasteiger partial charge in [-0.3, -0.25) is 9.78 Å². The molecule has 4 rings (SSSR count). The number of rotatable bonds is 6. The summed E-state index contributed by atoms with van der Waals surface area (Å²) in [5, 5.41) is 23.0. The molecule has 1 atom stereocenters. The molecule has 11 nitrogen and oxygen atoms in total. The van der Waals surface area contributed by atoms with Gasteiger partial charge in [-0.1, -0.05) is 6.07 Å². The summed E-state index contributed by atoms with van der Waals surface area (Å²) in [6.45, 7) is 5.08. The molecule has 0 saturated carbocycles. The Kier molecular flexibility index (Phi) is 6.08. The molecule has 3 aromatic rings. The van der Waals surface area contributed by atoms with E-state index in [1.807, 2.05) is 13.8 Å². The normalized spacial score (nSPS) is 13.5. The number of amides is 3. The Morgan fingerprint density at radius 2 is 2.06 bits per heavy atom. The Bertz CT molecular complexity index is 1150. The number of aliphatic hydroxyl groups is 1. The fourth-order valence-corrected chi connectivity index (χ4v) is 3.46. The van der Waals surface area contributed by atoms with Gasteiger partial charge in [-0.05, 0) is 43.2 Å². The molecule has 1 aliphatic rings. The second-order valence-corrected chi connectivity index (χ2v) is 7.49. The number of anilines is 1. The molecule has 3 aromatic heterocycles. The number of hydrogen-bond donors (Lipinski definition) is 3. The number of aromatic nitrogens is 5. The highest BCUT2D eigenvalue weighted by atomic mass is 16.3. The third kappa shape index (κ3) is 4.28. The fraction of sp³-hybridized carbons (Fsp3) is 0.333. The largest absolute Gasteiger partial charge is 0.394 e. The van der Waals surface area contributed by atoms with Crippen LogP contribution in [0.3, 0.4) is 0 Å². The molecule has 4 heterocycles. The number of carbonyl (C=O) groups is 2. The van der Waals surface area contributed by atoms with Gasteiger partial charge in [0.05, 0.1) is 12.6 Å². The summed E-state index contributed by atoms with van der Waals surface area (Å²) in [4.78, 5) is 35.2. The van der Waals surface area contributed by atoms with Crippen LogP contribution in [0.1, 0.15) is 41.5 Å². The maximum atomic E-state index is 12.8. The molecule has 3 amide bonds. The number of fused-ring (bicyclic) bond motifs is 1. The molecule has 0 radical (unpaired) electrons. The molecular weight excluding hydrogens is 412 g/mol. The first-order valence-electron chi connectivity index (χ1n) is 10.3. The van der Waals surface area contributed by atoms with E-state index in [-0.39, 0.29) is 24.4 Å². The summed E-state index contributed by atoms with van der Waals surface area (Å²) in [6, 6.07) is 6.52. The van der Waals surface area contributed by atoms with Crippen LogP contribution >= 0.6 is 0 Å². The smallest absolute Gasteiger partial charge is 0.317 e. The van der Waals surface area contributed by atoms with Crippen molar-refractivity contribution in [2.45, 2.75) is 33.0 Å². The van der Waals surface area contributed by atoms with Gasteiger partial charge < -0.3 is 25.2 Å². The van der Waals surface area contributed by atoms with E-state index in [0.717, 1.165) is 11.1 Å². The SMILES string of the molecule is CCNC(=O)N1Cc2cnc(C(=O)Nc3cccc(-c4nncn4[C@H](C)CO)n3)cc2C1. The van der Waals surface area contributed by atoms with Gasteiger partial charge in [0.25, 0.3) is 5.91 Å². The molecule has 0 unspecified atom stereocenters. The van der Waals surface area contributed by atoms with Crippen molar-refractivity contribution in [3.63, 3.8) is 0 Å². The second kappa shape index (κ2) is 9.10. The lowest BCUT2D eigenvalue weighted by Crippen LogP contribution is -2.36. The molecule has 0 spiro atoms. The van der Waals surface area contributed by atoms with Crippen LogP contribution in [-0.2, 0) is 13.1 Å². The zero-order valence-corrected chi connectivity index (χ0v) is 17.8. The van der Waals surface area contributed by atoms with Gasteiger partial charge in [-0.15, -0.1) is 10.2 Å². The van der Waals surface area contributed by atoms with Gasteiger partial charge >= 0.3 is 6.03 Å². The van der Waals surface area contributed by atoms with Crippen molar-refractivity contribution in [3.05, 3.63) is 53.6 Å². The third-order valence-electron chi connectivity index (χ3n) is 5.19. The van der Waals surface area contributed by atoms with Crippen LogP contribution < -0.4 is 10.6 Å². The lowest BCUT2D eigenvalue weighted by atomic mass is 10.1. The molecule has 0 saturated heterocycles. The molecule has 0 fully saturated rings. The average molecular weight is 436 g/mol. The lowest BCUT2D eigenvalue weighted by Gasteiger charge is -2.15. The maximum Gasteiger partial charge on any atom is 0.317 e. The van der Waals surface area contributed by atoms with E-state index in [9.17, 15) is 14.7 Å². The Balaban J connectivity index is 1.49. The molecule has 166 valence electrons. The summed E-state index contributed by atoms with van der Waals surface area (Å²) in [6.07, 6.45) is 3.16. The van der Waals surface area contributed by atoms with Crippen LogP contribution in [0.25, 0.3) is 11.5 Å². The van der Waals surface area contributed by atoms with E-state index in [2.05, 4.69) is 30.8 Å². The standard InChI is InChI=1S/C21H24N8O3/c1-3-22-21(32)28-9-14-7-17(23-8-15(14)10-28)20(31)26-18-6-4-5-16(25-18)19-27-24-12-29(19)13(2)11-30/h4-8,12-13,30H,3,9-11H2,1-2H3,(H,22,32)(H,25,26,31)/t13-/m1/s1. The fourth-order valence-electron chi connectivity index (χ4n) is 3.46. The quantitative estimate of drug-likeness (QED) is 0.533. The van der Waals surface area contributed by atoms with Crippen LogP contribution in [0.15, 0.2) is 36.8 Å². The van der Waals surface area contributed by atoms with Crippen molar-refractivity contribution in [2.24, 2.45) is 0 Å². The van der Waals surface area contributed by atoms with Crippen molar-refractivity contribution < 1.29 is 14.7 Å². The number of carbonyl (C=O) groups excluding carboxylic acids is 2. The van der Waals surface area contributed by atoms with Gasteiger partial charge in [0.2, 0.25) is 0 Å². The molecule has 11 heteroatoms. The lowest BCUT2D eigenvalue weighted by molar-refractivity contribution is 0.102. The Morgan fingerprint density at radius 1 is 1.25 bits per heavy atom. The van der Waals surface area contributed by atoms with E-state index in [0.29, 0.717) is 37.0 Å². The summed E-state index contributed by atoms with van der Waals surface area (Å²) in [5.74, 6) is 0.424. The van der Waals surface area contributed by atoms with E-state index in [4.69, 9.17) is 0 Å². The molecule has 3 N–H and O–H groups in total. The highest BCUT2D eigenvalue weighted by Gasteiger charge is 2.24. The van der Waals surface area contributed by atoms with Crippen molar-refractivity contribution in [1.29, 1.82) is 0 Å². The summed E-state index contributed by atoms with van der Waals surface area (Å²) >= 11 is 0. The van der Waals surface area contributed by atoms with Crippen molar-refractivity contribution in [2.75, 3.05) is 18.5 Å². The van der Waals surface area contributed by atoms with Crippen LogP contribution in [0.2, 0.25) is 0 Å². The summed E-state index contributed by atoms with van der Waals surface area (Å²) in [5.41, 5.74) is 2.57. The van der Waals surface area contributed by atoms with Crippen LogP contribution in [0, 0.1) is 0 Å². The average Bonchev–Trinajstić information content (AvgIpc) is 3.45.